The molecule has 0 saturated heterocycles. The largest absolute Gasteiger partial charge is 0.416 e. The highest BCUT2D eigenvalue weighted by Crippen LogP contribution is 2.36. The topological polar surface area (TPSA) is 8.17 Å². The minimum absolute atomic E-state index is 0.170. The van der Waals surface area contributed by atoms with Crippen molar-refractivity contribution >= 4 is 0 Å². The van der Waals surface area contributed by atoms with Crippen LogP contribution in [-0.4, -0.2) is 16.0 Å². The van der Waals surface area contributed by atoms with Crippen molar-refractivity contribution < 1.29 is 17.6 Å². The fourth-order valence-electron chi connectivity index (χ4n) is 3.99. The molecule has 0 N–H and O–H groups in total. The van der Waals surface area contributed by atoms with Gasteiger partial charge in [0, 0.05) is 31.5 Å². The zero-order valence-electron chi connectivity index (χ0n) is 15.2. The van der Waals surface area contributed by atoms with E-state index in [1.165, 1.54) is 24.3 Å². The van der Waals surface area contributed by atoms with Crippen LogP contribution in [0.1, 0.15) is 34.8 Å². The summed E-state index contributed by atoms with van der Waals surface area (Å²) in [5, 5.41) is 0. The SMILES string of the molecule is Fc1ccc([C@H]2c3cccn3CCCN2Cc2ccccc2C(F)(F)F)cc1. The van der Waals surface area contributed by atoms with E-state index in [2.05, 4.69) is 9.47 Å². The molecule has 0 saturated carbocycles. The van der Waals surface area contributed by atoms with Crippen LogP contribution in [0.3, 0.4) is 0 Å². The Balaban J connectivity index is 1.76. The molecule has 146 valence electrons. The predicted molar refractivity (Wildman–Crippen MR) is 99.1 cm³/mol. The van der Waals surface area contributed by atoms with Crippen LogP contribution < -0.4 is 0 Å². The number of aryl methyl sites for hydroxylation is 1. The number of benzene rings is 2. The molecule has 2 heterocycles. The normalized spacial score (nSPS) is 17.9. The van der Waals surface area contributed by atoms with Crippen LogP contribution in [0.4, 0.5) is 17.6 Å². The maximum atomic E-state index is 13.5. The van der Waals surface area contributed by atoms with Crippen LogP contribution in [0.5, 0.6) is 0 Å². The maximum absolute atomic E-state index is 13.5. The first kappa shape index (κ1) is 18.7. The van der Waals surface area contributed by atoms with Crippen LogP contribution in [-0.2, 0) is 19.3 Å². The van der Waals surface area contributed by atoms with Gasteiger partial charge in [-0.25, -0.2) is 4.39 Å². The molecule has 6 heteroatoms. The molecule has 0 fully saturated rings. The first-order chi connectivity index (χ1) is 13.4. The molecule has 0 spiro atoms. The number of rotatable bonds is 3. The summed E-state index contributed by atoms with van der Waals surface area (Å²) in [6.45, 7) is 1.62. The van der Waals surface area contributed by atoms with E-state index < -0.39 is 11.7 Å². The molecule has 2 aromatic carbocycles. The van der Waals surface area contributed by atoms with Gasteiger partial charge in [0.25, 0.3) is 0 Å². The lowest BCUT2D eigenvalue weighted by molar-refractivity contribution is -0.138. The van der Waals surface area contributed by atoms with E-state index >= 15 is 0 Å². The quantitative estimate of drug-likeness (QED) is 0.527. The molecule has 1 aliphatic heterocycles. The first-order valence-electron chi connectivity index (χ1n) is 9.23. The minimum Gasteiger partial charge on any atom is -0.350 e. The summed E-state index contributed by atoms with van der Waals surface area (Å²) in [5.41, 5.74) is 1.52. The number of nitrogens with zero attached hydrogens (tertiary/aromatic N) is 2. The second-order valence-electron chi connectivity index (χ2n) is 7.06. The van der Waals surface area contributed by atoms with E-state index in [-0.39, 0.29) is 24.0 Å². The fourth-order valence-corrected chi connectivity index (χ4v) is 3.99. The third kappa shape index (κ3) is 3.69. The highest BCUT2D eigenvalue weighted by atomic mass is 19.4. The van der Waals surface area contributed by atoms with Crippen LogP contribution >= 0.6 is 0 Å². The van der Waals surface area contributed by atoms with Gasteiger partial charge in [0.05, 0.1) is 11.6 Å². The standard InChI is InChI=1S/C22H20F4N2/c23-18-10-8-16(9-11-18)21-20-7-3-12-27(20)13-4-14-28(21)15-17-5-1-2-6-19(17)22(24,25)26/h1-3,5-12,21H,4,13-15H2/t21-/m0/s1. The fraction of sp³-hybridized carbons (Fsp3) is 0.273. The van der Waals surface area contributed by atoms with Crippen molar-refractivity contribution in [2.45, 2.75) is 31.7 Å². The Kier molecular flexibility index (Phi) is 4.98. The van der Waals surface area contributed by atoms with E-state index in [9.17, 15) is 17.6 Å². The molecule has 1 aromatic heterocycles. The Morgan fingerprint density at radius 1 is 0.893 bits per heavy atom. The monoisotopic (exact) mass is 388 g/mol. The Hall–Kier alpha value is -2.60. The molecule has 1 aliphatic rings. The van der Waals surface area contributed by atoms with Crippen LogP contribution in [0.15, 0.2) is 66.9 Å². The summed E-state index contributed by atoms with van der Waals surface area (Å²) < 4.78 is 56.0. The van der Waals surface area contributed by atoms with E-state index in [4.69, 9.17) is 0 Å². The van der Waals surface area contributed by atoms with Gasteiger partial charge in [-0.1, -0.05) is 30.3 Å². The molecule has 3 aromatic rings. The number of hydrogen-bond donors (Lipinski definition) is 0. The maximum Gasteiger partial charge on any atom is 0.416 e. The lowest BCUT2D eigenvalue weighted by atomic mass is 9.99. The van der Waals surface area contributed by atoms with Crippen molar-refractivity contribution in [3.63, 3.8) is 0 Å². The molecule has 0 aliphatic carbocycles. The van der Waals surface area contributed by atoms with Crippen molar-refractivity contribution in [1.29, 1.82) is 0 Å². The highest BCUT2D eigenvalue weighted by Gasteiger charge is 2.35. The Bertz CT molecular complexity index is 944. The Labute approximate surface area is 161 Å². The van der Waals surface area contributed by atoms with Gasteiger partial charge in [0.2, 0.25) is 0 Å². The minimum atomic E-state index is -4.39. The number of fused-ring (bicyclic) bond motifs is 1. The molecule has 2 nitrogen and oxygen atoms in total. The average molecular weight is 388 g/mol. The summed E-state index contributed by atoms with van der Waals surface area (Å²) in [4.78, 5) is 2.05. The molecule has 28 heavy (non-hydrogen) atoms. The van der Waals surface area contributed by atoms with Gasteiger partial charge in [0.1, 0.15) is 5.82 Å². The molecular weight excluding hydrogens is 368 g/mol. The van der Waals surface area contributed by atoms with Crippen LogP contribution in [0.25, 0.3) is 0 Å². The van der Waals surface area contributed by atoms with Gasteiger partial charge >= 0.3 is 6.18 Å². The van der Waals surface area contributed by atoms with E-state index in [1.807, 2.05) is 18.3 Å². The molecule has 1 atom stereocenters. The molecule has 0 amide bonds. The summed E-state index contributed by atoms with van der Waals surface area (Å²) in [6, 6.07) is 15.6. The van der Waals surface area contributed by atoms with Crippen molar-refractivity contribution in [3.05, 3.63) is 95.1 Å². The first-order valence-corrected chi connectivity index (χ1v) is 9.23. The zero-order valence-corrected chi connectivity index (χ0v) is 15.2. The van der Waals surface area contributed by atoms with Gasteiger partial charge in [-0.3, -0.25) is 4.90 Å². The Morgan fingerprint density at radius 2 is 1.64 bits per heavy atom. The van der Waals surface area contributed by atoms with Crippen molar-refractivity contribution in [2.24, 2.45) is 0 Å². The van der Waals surface area contributed by atoms with Crippen molar-refractivity contribution in [2.75, 3.05) is 6.54 Å². The summed E-state index contributed by atoms with van der Waals surface area (Å²) in [6.07, 6.45) is -1.58. The number of alkyl halides is 3. The second-order valence-corrected chi connectivity index (χ2v) is 7.06. The average Bonchev–Trinajstić information content (AvgIpc) is 3.04. The molecule has 4 rings (SSSR count). The summed E-state index contributed by atoms with van der Waals surface area (Å²) in [5.74, 6) is -0.332. The third-order valence-corrected chi connectivity index (χ3v) is 5.24. The Morgan fingerprint density at radius 3 is 2.39 bits per heavy atom. The van der Waals surface area contributed by atoms with Crippen LogP contribution in [0, 0.1) is 5.82 Å². The summed E-state index contributed by atoms with van der Waals surface area (Å²) >= 11 is 0. The van der Waals surface area contributed by atoms with Crippen molar-refractivity contribution in [3.8, 4) is 0 Å². The second kappa shape index (κ2) is 7.43. The van der Waals surface area contributed by atoms with Gasteiger partial charge in [-0.05, 0) is 47.9 Å². The lowest BCUT2D eigenvalue weighted by Gasteiger charge is -2.31. The zero-order chi connectivity index (χ0) is 19.7. The molecule has 0 radical (unpaired) electrons. The van der Waals surface area contributed by atoms with E-state index in [0.29, 0.717) is 6.54 Å². The van der Waals surface area contributed by atoms with Gasteiger partial charge in [-0.15, -0.1) is 0 Å². The van der Waals surface area contributed by atoms with Gasteiger partial charge < -0.3 is 4.57 Å². The number of hydrogen-bond acceptors (Lipinski definition) is 1. The number of aromatic nitrogens is 1. The van der Waals surface area contributed by atoms with Gasteiger partial charge in [-0.2, -0.15) is 13.2 Å². The molecular formula is C22H20F4N2. The van der Waals surface area contributed by atoms with Gasteiger partial charge in [0.15, 0.2) is 0 Å². The molecule has 0 unspecified atom stereocenters. The number of halogens is 4. The van der Waals surface area contributed by atoms with Crippen LogP contribution in [0.2, 0.25) is 0 Å². The van der Waals surface area contributed by atoms with E-state index in [0.717, 1.165) is 30.3 Å². The van der Waals surface area contributed by atoms with Crippen molar-refractivity contribution in [1.82, 2.24) is 9.47 Å². The summed E-state index contributed by atoms with van der Waals surface area (Å²) in [7, 11) is 0. The lowest BCUT2D eigenvalue weighted by Crippen LogP contribution is -2.30. The van der Waals surface area contributed by atoms with E-state index in [1.54, 1.807) is 18.2 Å². The highest BCUT2D eigenvalue weighted by molar-refractivity contribution is 5.33. The smallest absolute Gasteiger partial charge is 0.350 e. The molecule has 0 bridgehead atoms. The third-order valence-electron chi connectivity index (χ3n) is 5.24. The predicted octanol–water partition coefficient (Wildman–Crippen LogP) is 5.64.